The van der Waals surface area contributed by atoms with Crippen molar-refractivity contribution in [1.29, 1.82) is 0 Å². The SMILES string of the molecule is CCOCCOc1cccc(NCC(=O)Nc2cccc(OCC3CCCO3)c2)c1. The van der Waals surface area contributed by atoms with Gasteiger partial charge in [-0.05, 0) is 44.0 Å². The average molecular weight is 415 g/mol. The smallest absolute Gasteiger partial charge is 0.243 e. The van der Waals surface area contributed by atoms with Crippen LogP contribution in [0.25, 0.3) is 0 Å². The fraction of sp³-hybridized carbons (Fsp3) is 0.435. The van der Waals surface area contributed by atoms with Crippen molar-refractivity contribution in [3.05, 3.63) is 48.5 Å². The normalized spacial score (nSPS) is 15.6. The van der Waals surface area contributed by atoms with Gasteiger partial charge in [0.05, 0.1) is 19.3 Å². The molecule has 1 amide bonds. The van der Waals surface area contributed by atoms with Crippen LogP contribution in [0.2, 0.25) is 0 Å². The van der Waals surface area contributed by atoms with Gasteiger partial charge in [-0.25, -0.2) is 0 Å². The third-order valence-corrected chi connectivity index (χ3v) is 4.57. The lowest BCUT2D eigenvalue weighted by atomic mass is 10.2. The largest absolute Gasteiger partial charge is 0.491 e. The maximum Gasteiger partial charge on any atom is 0.243 e. The van der Waals surface area contributed by atoms with Gasteiger partial charge in [-0.1, -0.05) is 12.1 Å². The number of hydrogen-bond acceptors (Lipinski definition) is 6. The number of carbonyl (C=O) groups is 1. The second-order valence-corrected chi connectivity index (χ2v) is 6.95. The number of rotatable bonds is 12. The minimum Gasteiger partial charge on any atom is -0.491 e. The highest BCUT2D eigenvalue weighted by Crippen LogP contribution is 2.20. The van der Waals surface area contributed by atoms with E-state index < -0.39 is 0 Å². The second-order valence-electron chi connectivity index (χ2n) is 6.95. The molecule has 1 fully saturated rings. The fourth-order valence-electron chi connectivity index (χ4n) is 3.07. The van der Waals surface area contributed by atoms with E-state index in [9.17, 15) is 4.79 Å². The quantitative estimate of drug-likeness (QED) is 0.516. The lowest BCUT2D eigenvalue weighted by molar-refractivity contribution is -0.114. The molecule has 0 bridgehead atoms. The molecule has 0 radical (unpaired) electrons. The summed E-state index contributed by atoms with van der Waals surface area (Å²) in [6.07, 6.45) is 2.27. The molecule has 0 spiro atoms. The van der Waals surface area contributed by atoms with Gasteiger partial charge in [-0.3, -0.25) is 4.79 Å². The predicted molar refractivity (Wildman–Crippen MR) is 116 cm³/mol. The molecular weight excluding hydrogens is 384 g/mol. The minimum atomic E-state index is -0.144. The first-order chi connectivity index (χ1) is 14.7. The Morgan fingerprint density at radius 3 is 2.60 bits per heavy atom. The maximum absolute atomic E-state index is 12.3. The zero-order chi connectivity index (χ0) is 21.0. The standard InChI is InChI=1S/C23H30N2O5/c1-2-27-12-13-29-20-8-3-6-18(14-20)24-16-23(26)25-19-7-4-9-21(15-19)30-17-22-10-5-11-28-22/h3-4,6-9,14-15,22,24H,2,5,10-13,16-17H2,1H3,(H,25,26). The number of amides is 1. The molecule has 1 atom stereocenters. The molecule has 162 valence electrons. The van der Waals surface area contributed by atoms with Crippen LogP contribution < -0.4 is 20.1 Å². The first-order valence-corrected chi connectivity index (χ1v) is 10.4. The Balaban J connectivity index is 1.42. The summed E-state index contributed by atoms with van der Waals surface area (Å²) >= 11 is 0. The highest BCUT2D eigenvalue weighted by molar-refractivity contribution is 5.93. The Labute approximate surface area is 177 Å². The Hall–Kier alpha value is -2.77. The van der Waals surface area contributed by atoms with Crippen molar-refractivity contribution in [2.75, 3.05) is 50.2 Å². The van der Waals surface area contributed by atoms with Crippen LogP contribution in [0, 0.1) is 0 Å². The summed E-state index contributed by atoms with van der Waals surface area (Å²) in [5, 5.41) is 6.00. The van der Waals surface area contributed by atoms with Crippen molar-refractivity contribution >= 4 is 17.3 Å². The Morgan fingerprint density at radius 1 is 1.07 bits per heavy atom. The molecule has 0 aliphatic carbocycles. The van der Waals surface area contributed by atoms with Gasteiger partial charge in [0.2, 0.25) is 5.91 Å². The van der Waals surface area contributed by atoms with Crippen molar-refractivity contribution < 1.29 is 23.7 Å². The van der Waals surface area contributed by atoms with Gasteiger partial charge in [-0.15, -0.1) is 0 Å². The Morgan fingerprint density at radius 2 is 1.83 bits per heavy atom. The molecule has 0 aromatic heterocycles. The molecule has 2 N–H and O–H groups in total. The van der Waals surface area contributed by atoms with Crippen LogP contribution in [0.5, 0.6) is 11.5 Å². The van der Waals surface area contributed by atoms with Crippen LogP contribution in [0.1, 0.15) is 19.8 Å². The van der Waals surface area contributed by atoms with Crippen molar-refractivity contribution in [3.8, 4) is 11.5 Å². The van der Waals surface area contributed by atoms with E-state index in [4.69, 9.17) is 18.9 Å². The van der Waals surface area contributed by atoms with Crippen LogP contribution in [0.4, 0.5) is 11.4 Å². The van der Waals surface area contributed by atoms with Crippen molar-refractivity contribution in [2.45, 2.75) is 25.9 Å². The van der Waals surface area contributed by atoms with Crippen LogP contribution in [-0.2, 0) is 14.3 Å². The second kappa shape index (κ2) is 12.0. The fourth-order valence-corrected chi connectivity index (χ4v) is 3.07. The monoisotopic (exact) mass is 414 g/mol. The summed E-state index contributed by atoms with van der Waals surface area (Å²) in [5.41, 5.74) is 1.51. The van der Waals surface area contributed by atoms with E-state index in [-0.39, 0.29) is 18.6 Å². The molecule has 3 rings (SSSR count). The summed E-state index contributed by atoms with van der Waals surface area (Å²) in [5.74, 6) is 1.30. The lowest BCUT2D eigenvalue weighted by Crippen LogP contribution is -2.22. The van der Waals surface area contributed by atoms with Crippen molar-refractivity contribution in [2.24, 2.45) is 0 Å². The first-order valence-electron chi connectivity index (χ1n) is 10.4. The Bertz CT molecular complexity index is 793. The molecule has 30 heavy (non-hydrogen) atoms. The number of carbonyl (C=O) groups excluding carboxylic acids is 1. The third kappa shape index (κ3) is 7.57. The van der Waals surface area contributed by atoms with Crippen LogP contribution >= 0.6 is 0 Å². The first kappa shape index (κ1) is 21.9. The molecule has 7 heteroatoms. The topological polar surface area (TPSA) is 78.1 Å². The van der Waals surface area contributed by atoms with E-state index >= 15 is 0 Å². The number of ether oxygens (including phenoxy) is 4. The Kier molecular flexibility index (Phi) is 8.80. The van der Waals surface area contributed by atoms with Gasteiger partial charge >= 0.3 is 0 Å². The average Bonchev–Trinajstić information content (AvgIpc) is 3.28. The molecule has 0 saturated carbocycles. The zero-order valence-electron chi connectivity index (χ0n) is 17.4. The summed E-state index contributed by atoms with van der Waals surface area (Å²) in [6.45, 7) is 5.13. The van der Waals surface area contributed by atoms with Gasteiger partial charge in [0.1, 0.15) is 24.7 Å². The molecule has 2 aromatic rings. The number of hydrogen-bond donors (Lipinski definition) is 2. The third-order valence-electron chi connectivity index (χ3n) is 4.57. The molecular formula is C23H30N2O5. The molecule has 1 unspecified atom stereocenters. The van der Waals surface area contributed by atoms with E-state index in [1.54, 1.807) is 0 Å². The highest BCUT2D eigenvalue weighted by atomic mass is 16.5. The molecule has 1 aliphatic rings. The van der Waals surface area contributed by atoms with Gasteiger partial charge in [-0.2, -0.15) is 0 Å². The van der Waals surface area contributed by atoms with E-state index in [2.05, 4.69) is 10.6 Å². The summed E-state index contributed by atoms with van der Waals surface area (Å²) in [6, 6.07) is 14.9. The van der Waals surface area contributed by atoms with E-state index in [1.807, 2.05) is 55.5 Å². The predicted octanol–water partition coefficient (Wildman–Crippen LogP) is 3.71. The molecule has 1 saturated heterocycles. The van der Waals surface area contributed by atoms with Crippen LogP contribution in [0.15, 0.2) is 48.5 Å². The molecule has 1 heterocycles. The van der Waals surface area contributed by atoms with Crippen molar-refractivity contribution in [1.82, 2.24) is 0 Å². The zero-order valence-corrected chi connectivity index (χ0v) is 17.4. The summed E-state index contributed by atoms with van der Waals surface area (Å²) in [7, 11) is 0. The number of nitrogens with one attached hydrogen (secondary N) is 2. The summed E-state index contributed by atoms with van der Waals surface area (Å²) < 4.78 is 22.3. The highest BCUT2D eigenvalue weighted by Gasteiger charge is 2.16. The maximum atomic E-state index is 12.3. The molecule has 1 aliphatic heterocycles. The van der Waals surface area contributed by atoms with Gasteiger partial charge in [0.25, 0.3) is 0 Å². The van der Waals surface area contributed by atoms with E-state index in [0.717, 1.165) is 30.9 Å². The molecule has 2 aromatic carbocycles. The van der Waals surface area contributed by atoms with Gasteiger partial charge in [0, 0.05) is 36.7 Å². The van der Waals surface area contributed by atoms with Crippen LogP contribution in [-0.4, -0.2) is 51.6 Å². The lowest BCUT2D eigenvalue weighted by Gasteiger charge is -2.13. The summed E-state index contributed by atoms with van der Waals surface area (Å²) in [4.78, 5) is 12.3. The van der Waals surface area contributed by atoms with E-state index in [1.165, 1.54) is 0 Å². The number of anilines is 2. The van der Waals surface area contributed by atoms with Crippen molar-refractivity contribution in [3.63, 3.8) is 0 Å². The van der Waals surface area contributed by atoms with Crippen LogP contribution in [0.3, 0.4) is 0 Å². The number of benzene rings is 2. The minimum absolute atomic E-state index is 0.142. The molecule has 7 nitrogen and oxygen atoms in total. The van der Waals surface area contributed by atoms with Gasteiger partial charge < -0.3 is 29.6 Å². The van der Waals surface area contributed by atoms with Gasteiger partial charge in [0.15, 0.2) is 0 Å². The van der Waals surface area contributed by atoms with E-state index in [0.29, 0.717) is 37.9 Å².